The minimum absolute atomic E-state index is 0.208. The maximum absolute atomic E-state index is 12.8. The molecule has 0 saturated carbocycles. The van der Waals surface area contributed by atoms with Crippen molar-refractivity contribution < 1.29 is 14.2 Å². The molecule has 0 aliphatic carbocycles. The van der Waals surface area contributed by atoms with Gasteiger partial charge in [-0.05, 0) is 36.4 Å². The Kier molecular flexibility index (Phi) is 5.48. The van der Waals surface area contributed by atoms with Crippen LogP contribution in [0.3, 0.4) is 0 Å². The van der Waals surface area contributed by atoms with Crippen molar-refractivity contribution >= 4 is 11.8 Å². The zero-order valence-corrected chi connectivity index (χ0v) is 15.4. The van der Waals surface area contributed by atoms with Crippen molar-refractivity contribution in [3.8, 4) is 22.9 Å². The first kappa shape index (κ1) is 17.9. The van der Waals surface area contributed by atoms with E-state index in [2.05, 4.69) is 4.98 Å². The molecule has 2 aromatic carbocycles. The molecule has 0 spiro atoms. The van der Waals surface area contributed by atoms with E-state index in [1.807, 2.05) is 24.3 Å². The summed E-state index contributed by atoms with van der Waals surface area (Å²) < 4.78 is 17.2. The maximum atomic E-state index is 12.8. The Bertz CT molecular complexity index is 954. The average molecular weight is 370 g/mol. The van der Waals surface area contributed by atoms with Gasteiger partial charge >= 0.3 is 0 Å². The normalized spacial score (nSPS) is 10.4. The summed E-state index contributed by atoms with van der Waals surface area (Å²) in [5, 5.41) is 0.382. The van der Waals surface area contributed by atoms with Crippen molar-refractivity contribution in [1.29, 1.82) is 0 Å². The number of nitrogens with zero attached hydrogens (tertiary/aromatic N) is 2. The van der Waals surface area contributed by atoms with E-state index in [-0.39, 0.29) is 5.56 Å². The highest BCUT2D eigenvalue weighted by Crippen LogP contribution is 2.29. The molecule has 0 amide bonds. The quantitative estimate of drug-likeness (QED) is 0.663. The second-order valence-electron chi connectivity index (χ2n) is 5.22. The van der Waals surface area contributed by atoms with Gasteiger partial charge in [0.2, 0.25) is 0 Å². The molecule has 3 aromatic rings. The van der Waals surface area contributed by atoms with E-state index in [4.69, 9.17) is 14.2 Å². The van der Waals surface area contributed by atoms with Gasteiger partial charge in [0.1, 0.15) is 5.75 Å². The third-order valence-electron chi connectivity index (χ3n) is 3.73. The Labute approximate surface area is 155 Å². The van der Waals surface area contributed by atoms with E-state index in [9.17, 15) is 4.79 Å². The molecule has 0 unspecified atom stereocenters. The molecule has 0 aliphatic rings. The van der Waals surface area contributed by atoms with Crippen molar-refractivity contribution in [3.05, 3.63) is 65.2 Å². The molecular weight excluding hydrogens is 352 g/mol. The van der Waals surface area contributed by atoms with Gasteiger partial charge in [-0.1, -0.05) is 11.8 Å². The van der Waals surface area contributed by atoms with Crippen LogP contribution in [0.5, 0.6) is 17.2 Å². The fraction of sp³-hybridized carbons (Fsp3) is 0.158. The maximum Gasteiger partial charge on any atom is 0.287 e. The average Bonchev–Trinajstić information content (AvgIpc) is 2.69. The summed E-state index contributed by atoms with van der Waals surface area (Å²) in [5.74, 6) is 1.92. The molecule has 26 heavy (non-hydrogen) atoms. The van der Waals surface area contributed by atoms with Crippen LogP contribution in [0.15, 0.2) is 69.6 Å². The highest BCUT2D eigenvalue weighted by molar-refractivity contribution is 7.99. The Morgan fingerprint density at radius 3 is 2.31 bits per heavy atom. The number of hydrogen-bond acceptors (Lipinski definition) is 6. The zero-order chi connectivity index (χ0) is 18.5. The summed E-state index contributed by atoms with van der Waals surface area (Å²) in [6, 6.07) is 12.8. The topological polar surface area (TPSA) is 62.6 Å². The predicted octanol–water partition coefficient (Wildman–Crippen LogP) is 3.41. The Balaban J connectivity index is 1.95. The van der Waals surface area contributed by atoms with Gasteiger partial charge in [-0.3, -0.25) is 9.36 Å². The number of hydrogen-bond donors (Lipinski definition) is 0. The van der Waals surface area contributed by atoms with Gasteiger partial charge in [0.25, 0.3) is 5.56 Å². The SMILES string of the molecule is COc1ccc(Sc2nccn(-c3ccc(OC)c(OC)c3)c2=O)cc1. The molecule has 0 radical (unpaired) electrons. The third kappa shape index (κ3) is 3.67. The summed E-state index contributed by atoms with van der Waals surface area (Å²) in [7, 11) is 4.74. The van der Waals surface area contributed by atoms with E-state index < -0.39 is 0 Å². The van der Waals surface area contributed by atoms with Gasteiger partial charge in [0.15, 0.2) is 16.5 Å². The van der Waals surface area contributed by atoms with E-state index >= 15 is 0 Å². The first-order valence-electron chi connectivity index (χ1n) is 7.78. The number of ether oxygens (including phenoxy) is 3. The summed E-state index contributed by atoms with van der Waals surface area (Å²) in [4.78, 5) is 18.0. The standard InChI is InChI=1S/C19H18N2O4S/c1-23-14-5-7-15(8-6-14)26-18-19(22)21(11-10-20-18)13-4-9-16(24-2)17(12-13)25-3/h4-12H,1-3H3. The largest absolute Gasteiger partial charge is 0.497 e. The van der Waals surface area contributed by atoms with Crippen molar-refractivity contribution in [2.24, 2.45) is 0 Å². The molecule has 0 saturated heterocycles. The molecule has 1 aromatic heterocycles. The second kappa shape index (κ2) is 7.97. The number of methoxy groups -OCH3 is 3. The smallest absolute Gasteiger partial charge is 0.287 e. The van der Waals surface area contributed by atoms with Crippen LogP contribution < -0.4 is 19.8 Å². The van der Waals surface area contributed by atoms with Crippen molar-refractivity contribution in [2.75, 3.05) is 21.3 Å². The monoisotopic (exact) mass is 370 g/mol. The number of aromatic nitrogens is 2. The molecule has 0 bridgehead atoms. The lowest BCUT2D eigenvalue weighted by Crippen LogP contribution is -2.20. The molecule has 3 rings (SSSR count). The highest BCUT2D eigenvalue weighted by Gasteiger charge is 2.11. The molecule has 134 valence electrons. The van der Waals surface area contributed by atoms with Gasteiger partial charge < -0.3 is 14.2 Å². The predicted molar refractivity (Wildman–Crippen MR) is 100 cm³/mol. The van der Waals surface area contributed by atoms with Gasteiger partial charge in [-0.2, -0.15) is 0 Å². The molecule has 7 heteroatoms. The fourth-order valence-electron chi connectivity index (χ4n) is 2.40. The van der Waals surface area contributed by atoms with Gasteiger partial charge in [-0.25, -0.2) is 4.98 Å². The van der Waals surface area contributed by atoms with Crippen molar-refractivity contribution in [2.45, 2.75) is 9.92 Å². The lowest BCUT2D eigenvalue weighted by atomic mass is 10.2. The zero-order valence-electron chi connectivity index (χ0n) is 14.6. The molecule has 6 nitrogen and oxygen atoms in total. The Hall–Kier alpha value is -2.93. The Morgan fingerprint density at radius 1 is 0.923 bits per heavy atom. The minimum Gasteiger partial charge on any atom is -0.497 e. The van der Waals surface area contributed by atoms with Crippen LogP contribution in [-0.4, -0.2) is 30.9 Å². The van der Waals surface area contributed by atoms with E-state index in [0.29, 0.717) is 22.2 Å². The minimum atomic E-state index is -0.208. The first-order chi connectivity index (χ1) is 12.7. The fourth-order valence-corrected chi connectivity index (χ4v) is 3.19. The molecule has 0 aliphatic heterocycles. The molecule has 0 atom stereocenters. The summed E-state index contributed by atoms with van der Waals surface area (Å²) >= 11 is 1.30. The molecular formula is C19H18N2O4S. The van der Waals surface area contributed by atoms with Gasteiger partial charge in [0.05, 0.1) is 27.0 Å². The second-order valence-corrected chi connectivity index (χ2v) is 6.29. The summed E-state index contributed by atoms with van der Waals surface area (Å²) in [6.45, 7) is 0. The van der Waals surface area contributed by atoms with E-state index in [1.54, 1.807) is 51.9 Å². The van der Waals surface area contributed by atoms with E-state index in [1.165, 1.54) is 16.3 Å². The van der Waals surface area contributed by atoms with Crippen LogP contribution in [0.1, 0.15) is 0 Å². The Morgan fingerprint density at radius 2 is 1.65 bits per heavy atom. The lowest BCUT2D eigenvalue weighted by Gasteiger charge is -2.11. The molecule has 0 N–H and O–H groups in total. The van der Waals surface area contributed by atoms with E-state index in [0.717, 1.165) is 10.6 Å². The summed E-state index contributed by atoms with van der Waals surface area (Å²) in [5.41, 5.74) is 0.465. The molecule has 1 heterocycles. The number of rotatable bonds is 6. The third-order valence-corrected chi connectivity index (χ3v) is 4.71. The van der Waals surface area contributed by atoms with Gasteiger partial charge in [0, 0.05) is 23.4 Å². The highest BCUT2D eigenvalue weighted by atomic mass is 32.2. The van der Waals surface area contributed by atoms with Crippen LogP contribution in [0.2, 0.25) is 0 Å². The lowest BCUT2D eigenvalue weighted by molar-refractivity contribution is 0.355. The van der Waals surface area contributed by atoms with Crippen LogP contribution in [0.25, 0.3) is 5.69 Å². The van der Waals surface area contributed by atoms with Crippen LogP contribution in [0.4, 0.5) is 0 Å². The number of benzene rings is 2. The van der Waals surface area contributed by atoms with Crippen LogP contribution >= 0.6 is 11.8 Å². The summed E-state index contributed by atoms with van der Waals surface area (Å²) in [6.07, 6.45) is 3.23. The first-order valence-corrected chi connectivity index (χ1v) is 8.60. The van der Waals surface area contributed by atoms with Crippen molar-refractivity contribution in [1.82, 2.24) is 9.55 Å². The van der Waals surface area contributed by atoms with Crippen LogP contribution in [-0.2, 0) is 0 Å². The van der Waals surface area contributed by atoms with Crippen molar-refractivity contribution in [3.63, 3.8) is 0 Å². The van der Waals surface area contributed by atoms with Crippen LogP contribution in [0, 0.1) is 0 Å². The molecule has 0 fully saturated rings. The van der Waals surface area contributed by atoms with Gasteiger partial charge in [-0.15, -0.1) is 0 Å².